The number of benzene rings is 1. The number of aryl methyl sites for hydroxylation is 1. The molecule has 3 rings (SSSR count). The molecule has 1 aromatic carbocycles. The van der Waals surface area contributed by atoms with Gasteiger partial charge < -0.3 is 8.83 Å². The number of rotatable bonds is 4. The molecule has 2 aromatic heterocycles. The lowest BCUT2D eigenvalue weighted by molar-refractivity contribution is 0.389. The third-order valence-corrected chi connectivity index (χ3v) is 3.26. The highest BCUT2D eigenvalue weighted by Gasteiger charge is 2.20. The molecule has 0 spiro atoms. The second-order valence-electron chi connectivity index (χ2n) is 4.59. The Hall–Kier alpha value is -2.11. The molecule has 20 heavy (non-hydrogen) atoms. The van der Waals surface area contributed by atoms with Gasteiger partial charge in [-0.25, -0.2) is 9.82 Å². The molecule has 104 valence electrons. The Morgan fingerprint density at radius 2 is 2.00 bits per heavy atom. The molecule has 0 aliphatic carbocycles. The molecule has 0 saturated carbocycles. The van der Waals surface area contributed by atoms with Crippen molar-refractivity contribution in [1.82, 2.24) is 5.43 Å². The second-order valence-corrected chi connectivity index (χ2v) is 4.59. The molecule has 2 heterocycles. The van der Waals surface area contributed by atoms with Crippen LogP contribution in [-0.2, 0) is 6.42 Å². The lowest BCUT2D eigenvalue weighted by Gasteiger charge is -2.09. The Morgan fingerprint density at radius 1 is 1.15 bits per heavy atom. The van der Waals surface area contributed by atoms with Crippen molar-refractivity contribution in [2.45, 2.75) is 19.4 Å². The van der Waals surface area contributed by atoms with E-state index in [2.05, 4.69) is 5.43 Å². The van der Waals surface area contributed by atoms with E-state index < -0.39 is 6.04 Å². The van der Waals surface area contributed by atoms with Gasteiger partial charge in [0.05, 0.1) is 0 Å². The number of fused-ring (bicyclic) bond motifs is 1. The van der Waals surface area contributed by atoms with Crippen LogP contribution in [-0.4, -0.2) is 0 Å². The van der Waals surface area contributed by atoms with Gasteiger partial charge in [-0.3, -0.25) is 5.84 Å². The number of halogens is 1. The fraction of sp³-hybridized carbons (Fsp3) is 0.200. The second kappa shape index (κ2) is 5.11. The van der Waals surface area contributed by atoms with Gasteiger partial charge in [0.1, 0.15) is 34.7 Å². The van der Waals surface area contributed by atoms with Gasteiger partial charge in [0.25, 0.3) is 0 Å². The van der Waals surface area contributed by atoms with Crippen molar-refractivity contribution >= 4 is 11.0 Å². The quantitative estimate of drug-likeness (QED) is 0.566. The minimum absolute atomic E-state index is 0.298. The monoisotopic (exact) mass is 274 g/mol. The first-order valence-electron chi connectivity index (χ1n) is 6.45. The Kier molecular flexibility index (Phi) is 3.30. The minimum atomic E-state index is -0.397. The van der Waals surface area contributed by atoms with E-state index in [0.29, 0.717) is 22.5 Å². The summed E-state index contributed by atoms with van der Waals surface area (Å²) >= 11 is 0. The smallest absolute Gasteiger partial charge is 0.137 e. The Bertz CT molecular complexity index is 732. The predicted octanol–water partition coefficient (Wildman–Crippen LogP) is 3.28. The average Bonchev–Trinajstić information content (AvgIpc) is 3.06. The van der Waals surface area contributed by atoms with Crippen LogP contribution in [0.5, 0.6) is 0 Å². The van der Waals surface area contributed by atoms with Crippen molar-refractivity contribution in [1.29, 1.82) is 0 Å². The summed E-state index contributed by atoms with van der Waals surface area (Å²) in [5, 5.41) is 0.697. The third-order valence-electron chi connectivity index (χ3n) is 3.26. The molecule has 1 atom stereocenters. The highest BCUT2D eigenvalue weighted by atomic mass is 19.1. The molecule has 3 aromatic rings. The molecular weight excluding hydrogens is 259 g/mol. The maximum atomic E-state index is 13.2. The largest absolute Gasteiger partial charge is 0.464 e. The fourth-order valence-electron chi connectivity index (χ4n) is 2.22. The highest BCUT2D eigenvalue weighted by molar-refractivity contribution is 5.78. The van der Waals surface area contributed by atoms with Crippen LogP contribution in [0.15, 0.2) is 45.2 Å². The number of furan rings is 2. The van der Waals surface area contributed by atoms with Gasteiger partial charge in [0.15, 0.2) is 0 Å². The standard InChI is InChI=1S/C15H15FN2O2/c1-2-11-4-6-13(19-11)15(18-17)14-8-9-7-10(16)3-5-12(9)20-14/h3-8,15,18H,2,17H2,1H3. The zero-order chi connectivity index (χ0) is 14.1. The van der Waals surface area contributed by atoms with E-state index in [1.54, 1.807) is 12.1 Å². The molecule has 0 radical (unpaired) electrons. The van der Waals surface area contributed by atoms with Crippen LogP contribution in [0, 0.1) is 5.82 Å². The third kappa shape index (κ3) is 2.21. The first-order chi connectivity index (χ1) is 9.71. The maximum absolute atomic E-state index is 13.2. The maximum Gasteiger partial charge on any atom is 0.137 e. The van der Waals surface area contributed by atoms with Crippen molar-refractivity contribution in [2.24, 2.45) is 5.84 Å². The number of hydrogen-bond donors (Lipinski definition) is 2. The van der Waals surface area contributed by atoms with E-state index in [9.17, 15) is 4.39 Å². The normalized spacial score (nSPS) is 12.9. The molecule has 1 unspecified atom stereocenters. The van der Waals surface area contributed by atoms with Crippen LogP contribution in [0.25, 0.3) is 11.0 Å². The molecule has 0 saturated heterocycles. The summed E-state index contributed by atoms with van der Waals surface area (Å²) in [6.45, 7) is 2.01. The van der Waals surface area contributed by atoms with Gasteiger partial charge >= 0.3 is 0 Å². The van der Waals surface area contributed by atoms with Crippen molar-refractivity contribution in [3.63, 3.8) is 0 Å². The number of nitrogens with one attached hydrogen (secondary N) is 1. The molecule has 3 N–H and O–H groups in total. The summed E-state index contributed by atoms with van der Waals surface area (Å²) < 4.78 is 24.6. The summed E-state index contributed by atoms with van der Waals surface area (Å²) in [5.74, 6) is 7.43. The number of hydrazine groups is 1. The Balaban J connectivity index is 2.02. The van der Waals surface area contributed by atoms with E-state index >= 15 is 0 Å². The fourth-order valence-corrected chi connectivity index (χ4v) is 2.22. The summed E-state index contributed by atoms with van der Waals surface area (Å²) in [7, 11) is 0. The van der Waals surface area contributed by atoms with Crippen molar-refractivity contribution in [3.8, 4) is 0 Å². The minimum Gasteiger partial charge on any atom is -0.464 e. The SMILES string of the molecule is CCc1ccc(C(NN)c2cc3cc(F)ccc3o2)o1. The van der Waals surface area contributed by atoms with Crippen molar-refractivity contribution < 1.29 is 13.2 Å². The van der Waals surface area contributed by atoms with Crippen LogP contribution >= 0.6 is 0 Å². The molecule has 0 aliphatic rings. The van der Waals surface area contributed by atoms with Gasteiger partial charge in [0.2, 0.25) is 0 Å². The van der Waals surface area contributed by atoms with Gasteiger partial charge in [-0.15, -0.1) is 0 Å². The lowest BCUT2D eigenvalue weighted by Crippen LogP contribution is -2.28. The first-order valence-corrected chi connectivity index (χ1v) is 6.45. The van der Waals surface area contributed by atoms with Crippen LogP contribution in [0.1, 0.15) is 30.2 Å². The van der Waals surface area contributed by atoms with Gasteiger partial charge in [-0.1, -0.05) is 6.92 Å². The van der Waals surface area contributed by atoms with Gasteiger partial charge in [0, 0.05) is 11.8 Å². The average molecular weight is 274 g/mol. The van der Waals surface area contributed by atoms with Crippen LogP contribution in [0.2, 0.25) is 0 Å². The van der Waals surface area contributed by atoms with E-state index in [-0.39, 0.29) is 5.82 Å². The van der Waals surface area contributed by atoms with Gasteiger partial charge in [-0.2, -0.15) is 0 Å². The first kappa shape index (κ1) is 12.9. The summed E-state index contributed by atoms with van der Waals surface area (Å²) in [5.41, 5.74) is 3.28. The topological polar surface area (TPSA) is 64.3 Å². The van der Waals surface area contributed by atoms with E-state index in [1.165, 1.54) is 12.1 Å². The summed E-state index contributed by atoms with van der Waals surface area (Å²) in [6.07, 6.45) is 0.808. The van der Waals surface area contributed by atoms with Crippen LogP contribution in [0.3, 0.4) is 0 Å². The van der Waals surface area contributed by atoms with Crippen molar-refractivity contribution in [2.75, 3.05) is 0 Å². The van der Waals surface area contributed by atoms with Crippen LogP contribution < -0.4 is 11.3 Å². The van der Waals surface area contributed by atoms with E-state index in [0.717, 1.165) is 12.2 Å². The number of nitrogens with two attached hydrogens (primary N) is 1. The molecule has 0 aliphatic heterocycles. The molecule has 0 amide bonds. The Morgan fingerprint density at radius 3 is 2.70 bits per heavy atom. The number of hydrogen-bond acceptors (Lipinski definition) is 4. The molecular formula is C15H15FN2O2. The summed E-state index contributed by atoms with van der Waals surface area (Å²) in [4.78, 5) is 0. The van der Waals surface area contributed by atoms with Gasteiger partial charge in [-0.05, 0) is 36.4 Å². The van der Waals surface area contributed by atoms with Crippen molar-refractivity contribution in [3.05, 3.63) is 59.5 Å². The molecule has 0 bridgehead atoms. The van der Waals surface area contributed by atoms with E-state index in [1.807, 2.05) is 19.1 Å². The predicted molar refractivity (Wildman–Crippen MR) is 73.4 cm³/mol. The van der Waals surface area contributed by atoms with Crippen LogP contribution in [0.4, 0.5) is 4.39 Å². The molecule has 4 nitrogen and oxygen atoms in total. The summed E-state index contributed by atoms with van der Waals surface area (Å²) in [6, 6.07) is 9.51. The Labute approximate surface area is 115 Å². The molecule has 0 fully saturated rings. The zero-order valence-corrected chi connectivity index (χ0v) is 11.0. The molecule has 5 heteroatoms. The lowest BCUT2D eigenvalue weighted by atomic mass is 10.1. The van der Waals surface area contributed by atoms with E-state index in [4.69, 9.17) is 14.7 Å². The highest BCUT2D eigenvalue weighted by Crippen LogP contribution is 2.29. The zero-order valence-electron chi connectivity index (χ0n) is 11.0.